The van der Waals surface area contributed by atoms with E-state index in [1.807, 2.05) is 35.8 Å². The van der Waals surface area contributed by atoms with E-state index < -0.39 is 10.0 Å². The van der Waals surface area contributed by atoms with Gasteiger partial charge in [0.1, 0.15) is 0 Å². The smallest absolute Gasteiger partial charge is 0.243 e. The Morgan fingerprint density at radius 1 is 1.06 bits per heavy atom. The summed E-state index contributed by atoms with van der Waals surface area (Å²) in [5, 5.41) is 9.51. The van der Waals surface area contributed by atoms with Gasteiger partial charge in [0.15, 0.2) is 15.3 Å². The first-order valence-corrected chi connectivity index (χ1v) is 13.2. The number of nitrogens with zero attached hydrogens (tertiary/aromatic N) is 5. The van der Waals surface area contributed by atoms with Crippen LogP contribution >= 0.6 is 23.1 Å². The summed E-state index contributed by atoms with van der Waals surface area (Å²) < 4.78 is 31.5. The molecule has 10 heteroatoms. The zero-order chi connectivity index (χ0) is 21.4. The molecule has 0 bridgehead atoms. The van der Waals surface area contributed by atoms with Gasteiger partial charge in [-0.05, 0) is 55.8 Å². The SMILES string of the molecule is CCn1c(Sc2nc3ccccc3s2)nnc1-c1cccc(S(=O)(=O)N2CCCC2)c1. The van der Waals surface area contributed by atoms with E-state index in [0.29, 0.717) is 30.4 Å². The summed E-state index contributed by atoms with van der Waals surface area (Å²) in [6, 6.07) is 15.0. The van der Waals surface area contributed by atoms with Crippen molar-refractivity contribution in [2.24, 2.45) is 0 Å². The van der Waals surface area contributed by atoms with Crippen LogP contribution in [0.5, 0.6) is 0 Å². The fourth-order valence-electron chi connectivity index (χ4n) is 3.71. The number of sulfonamides is 1. The summed E-state index contributed by atoms with van der Waals surface area (Å²) in [5.41, 5.74) is 1.71. The van der Waals surface area contributed by atoms with Crippen molar-refractivity contribution in [2.75, 3.05) is 13.1 Å². The van der Waals surface area contributed by atoms with Gasteiger partial charge in [0.25, 0.3) is 0 Å². The van der Waals surface area contributed by atoms with Crippen molar-refractivity contribution in [2.45, 2.75) is 40.7 Å². The Hall–Kier alpha value is -2.27. The first-order valence-electron chi connectivity index (χ1n) is 10.1. The molecule has 0 unspecified atom stereocenters. The number of aromatic nitrogens is 4. The average molecular weight is 472 g/mol. The van der Waals surface area contributed by atoms with Crippen LogP contribution in [0.1, 0.15) is 19.8 Å². The van der Waals surface area contributed by atoms with Crippen LogP contribution in [0.4, 0.5) is 0 Å². The standard InChI is InChI=1S/C21H21N5O2S3/c1-2-26-19(15-8-7-9-16(14-15)31(27,28)25-12-5-6-13-25)23-24-20(26)30-21-22-17-10-3-4-11-18(17)29-21/h3-4,7-11,14H,2,5-6,12-13H2,1H3. The van der Waals surface area contributed by atoms with E-state index in [1.165, 1.54) is 11.8 Å². The van der Waals surface area contributed by atoms with Crippen molar-refractivity contribution in [1.29, 1.82) is 0 Å². The minimum Gasteiger partial charge on any atom is -0.302 e. The number of para-hydroxylation sites is 1. The second-order valence-electron chi connectivity index (χ2n) is 7.24. The summed E-state index contributed by atoms with van der Waals surface area (Å²) in [6.45, 7) is 3.86. The highest BCUT2D eigenvalue weighted by atomic mass is 32.2. The van der Waals surface area contributed by atoms with E-state index in [-0.39, 0.29) is 0 Å². The summed E-state index contributed by atoms with van der Waals surface area (Å²) >= 11 is 3.10. The Balaban J connectivity index is 1.48. The predicted octanol–water partition coefficient (Wildman–Crippen LogP) is 4.51. The Morgan fingerprint density at radius 2 is 1.87 bits per heavy atom. The van der Waals surface area contributed by atoms with Crippen molar-refractivity contribution in [3.8, 4) is 11.4 Å². The molecular formula is C21H21N5O2S3. The molecule has 0 N–H and O–H groups in total. The fourth-order valence-corrected chi connectivity index (χ4v) is 7.34. The minimum absolute atomic E-state index is 0.304. The summed E-state index contributed by atoms with van der Waals surface area (Å²) in [7, 11) is -3.48. The fraction of sp³-hybridized carbons (Fsp3) is 0.286. The molecule has 0 amide bonds. The van der Waals surface area contributed by atoms with Crippen LogP contribution in [0.2, 0.25) is 0 Å². The third-order valence-electron chi connectivity index (χ3n) is 5.28. The van der Waals surface area contributed by atoms with Gasteiger partial charge in [-0.25, -0.2) is 13.4 Å². The van der Waals surface area contributed by atoms with Gasteiger partial charge in [-0.1, -0.05) is 24.3 Å². The monoisotopic (exact) mass is 471 g/mol. The number of fused-ring (bicyclic) bond motifs is 1. The maximum absolute atomic E-state index is 13.0. The largest absolute Gasteiger partial charge is 0.302 e. The quantitative estimate of drug-likeness (QED) is 0.412. The molecule has 0 saturated carbocycles. The van der Waals surface area contributed by atoms with Crippen LogP contribution in [0.25, 0.3) is 21.6 Å². The number of hydrogen-bond donors (Lipinski definition) is 0. The van der Waals surface area contributed by atoms with Crippen LogP contribution in [0, 0.1) is 0 Å². The Bertz CT molecular complexity index is 1310. The van der Waals surface area contributed by atoms with Gasteiger partial charge < -0.3 is 4.57 Å². The Morgan fingerprint density at radius 3 is 2.65 bits per heavy atom. The molecule has 3 heterocycles. The van der Waals surface area contributed by atoms with Crippen molar-refractivity contribution >= 4 is 43.3 Å². The van der Waals surface area contributed by atoms with E-state index >= 15 is 0 Å². The van der Waals surface area contributed by atoms with E-state index in [4.69, 9.17) is 0 Å². The molecule has 0 spiro atoms. The zero-order valence-electron chi connectivity index (χ0n) is 16.9. The molecule has 2 aromatic heterocycles. The molecule has 5 rings (SSSR count). The number of hydrogen-bond acceptors (Lipinski definition) is 7. The lowest BCUT2D eigenvalue weighted by atomic mass is 10.2. The van der Waals surface area contributed by atoms with Crippen molar-refractivity contribution in [1.82, 2.24) is 24.1 Å². The van der Waals surface area contributed by atoms with Crippen molar-refractivity contribution in [3.05, 3.63) is 48.5 Å². The maximum Gasteiger partial charge on any atom is 0.243 e. The van der Waals surface area contributed by atoms with Crippen molar-refractivity contribution < 1.29 is 8.42 Å². The van der Waals surface area contributed by atoms with E-state index in [9.17, 15) is 8.42 Å². The van der Waals surface area contributed by atoms with Crippen molar-refractivity contribution in [3.63, 3.8) is 0 Å². The average Bonchev–Trinajstić information content (AvgIpc) is 3.53. The van der Waals surface area contributed by atoms with Crippen LogP contribution in [0.15, 0.2) is 62.9 Å². The van der Waals surface area contributed by atoms with Gasteiger partial charge in [-0.2, -0.15) is 4.31 Å². The molecular weight excluding hydrogens is 450 g/mol. The topological polar surface area (TPSA) is 81.0 Å². The second kappa shape index (κ2) is 8.34. The lowest BCUT2D eigenvalue weighted by Gasteiger charge is -2.16. The number of thiazole rings is 1. The van der Waals surface area contributed by atoms with Crippen LogP contribution in [-0.2, 0) is 16.6 Å². The lowest BCUT2D eigenvalue weighted by Crippen LogP contribution is -2.27. The molecule has 0 aliphatic carbocycles. The predicted molar refractivity (Wildman–Crippen MR) is 123 cm³/mol. The van der Waals surface area contributed by atoms with Gasteiger partial charge in [0.05, 0.1) is 15.1 Å². The summed E-state index contributed by atoms with van der Waals surface area (Å²) in [6.07, 6.45) is 1.82. The van der Waals surface area contributed by atoms with Gasteiger partial charge in [0.2, 0.25) is 10.0 Å². The molecule has 31 heavy (non-hydrogen) atoms. The van der Waals surface area contributed by atoms with Gasteiger partial charge in [-0.3, -0.25) is 0 Å². The van der Waals surface area contributed by atoms with E-state index in [2.05, 4.69) is 21.2 Å². The third-order valence-corrected chi connectivity index (χ3v) is 9.26. The molecule has 0 atom stereocenters. The molecule has 1 fully saturated rings. The van der Waals surface area contributed by atoms with E-state index in [0.717, 1.165) is 38.1 Å². The normalized spacial score (nSPS) is 15.1. The molecule has 4 aromatic rings. The molecule has 160 valence electrons. The summed E-state index contributed by atoms with van der Waals surface area (Å²) in [5.74, 6) is 0.657. The minimum atomic E-state index is -3.48. The molecule has 1 aliphatic heterocycles. The third kappa shape index (κ3) is 3.89. The highest BCUT2D eigenvalue weighted by Crippen LogP contribution is 2.35. The number of rotatable bonds is 6. The Labute approximate surface area is 189 Å². The highest BCUT2D eigenvalue weighted by Gasteiger charge is 2.27. The van der Waals surface area contributed by atoms with Gasteiger partial charge in [0, 0.05) is 25.2 Å². The highest BCUT2D eigenvalue weighted by molar-refractivity contribution is 8.01. The van der Waals surface area contributed by atoms with Crippen LogP contribution in [-0.4, -0.2) is 45.6 Å². The Kier molecular flexibility index (Phi) is 5.55. The van der Waals surface area contributed by atoms with Crippen LogP contribution in [0.3, 0.4) is 0 Å². The first-order chi connectivity index (χ1) is 15.1. The second-order valence-corrected chi connectivity index (χ2v) is 11.4. The van der Waals surface area contributed by atoms with Crippen LogP contribution < -0.4 is 0 Å². The molecule has 2 aromatic carbocycles. The molecule has 1 aliphatic rings. The lowest BCUT2D eigenvalue weighted by molar-refractivity contribution is 0.477. The molecule has 1 saturated heterocycles. The zero-order valence-corrected chi connectivity index (χ0v) is 19.4. The van der Waals surface area contributed by atoms with Gasteiger partial charge in [-0.15, -0.1) is 21.5 Å². The molecule has 7 nitrogen and oxygen atoms in total. The van der Waals surface area contributed by atoms with E-state index in [1.54, 1.807) is 33.8 Å². The first kappa shape index (κ1) is 20.6. The number of benzene rings is 2. The van der Waals surface area contributed by atoms with Gasteiger partial charge >= 0.3 is 0 Å². The molecule has 0 radical (unpaired) electrons. The summed E-state index contributed by atoms with van der Waals surface area (Å²) in [4.78, 5) is 4.98. The maximum atomic E-state index is 13.0.